The number of carbonyl (C=O) groups excluding carboxylic acids is 1. The number of benzene rings is 1. The van der Waals surface area contributed by atoms with Crippen molar-refractivity contribution in [1.82, 2.24) is 5.32 Å². The number of hydrogen-bond acceptors (Lipinski definition) is 5. The van der Waals surface area contributed by atoms with E-state index in [9.17, 15) is 4.79 Å². The molecule has 0 aliphatic rings. The minimum atomic E-state index is -0.577. The van der Waals surface area contributed by atoms with Crippen LogP contribution in [-0.4, -0.2) is 20.1 Å². The van der Waals surface area contributed by atoms with Crippen LogP contribution in [0.1, 0.15) is 16.5 Å². The number of thiophene rings is 1. The number of amides is 1. The van der Waals surface area contributed by atoms with Crippen molar-refractivity contribution in [3.05, 3.63) is 46.2 Å². The molecule has 1 atom stereocenters. The molecule has 0 saturated carbocycles. The number of rotatable bonds is 7. The molecule has 1 unspecified atom stereocenters. The van der Waals surface area contributed by atoms with Crippen molar-refractivity contribution in [3.63, 3.8) is 0 Å². The average Bonchev–Trinajstić information content (AvgIpc) is 3.00. The third-order valence-electron chi connectivity index (χ3n) is 3.09. The number of carbonyl (C=O) groups is 1. The van der Waals surface area contributed by atoms with Gasteiger partial charge in [-0.2, -0.15) is 0 Å². The molecule has 0 bridgehead atoms. The van der Waals surface area contributed by atoms with E-state index in [0.717, 1.165) is 10.4 Å². The normalized spacial score (nSPS) is 11.9. The molecule has 0 radical (unpaired) electrons. The summed E-state index contributed by atoms with van der Waals surface area (Å²) in [5, 5.41) is 5.16. The summed E-state index contributed by atoms with van der Waals surface area (Å²) in [6.45, 7) is 0.583. The first-order valence-electron chi connectivity index (χ1n) is 6.42. The summed E-state index contributed by atoms with van der Waals surface area (Å²) in [6.07, 6.45) is 0. The van der Waals surface area contributed by atoms with Crippen LogP contribution in [0.3, 0.4) is 0 Å². The van der Waals surface area contributed by atoms with Crippen molar-refractivity contribution in [2.45, 2.75) is 12.6 Å². The van der Waals surface area contributed by atoms with Crippen molar-refractivity contribution in [3.8, 4) is 11.5 Å². The van der Waals surface area contributed by atoms with Gasteiger partial charge in [-0.05, 0) is 29.1 Å². The lowest BCUT2D eigenvalue weighted by atomic mass is 10.1. The maximum atomic E-state index is 11.7. The molecule has 1 heterocycles. The molecule has 0 aliphatic carbocycles. The summed E-state index contributed by atoms with van der Waals surface area (Å²) in [5.41, 5.74) is 6.25. The van der Waals surface area contributed by atoms with Gasteiger partial charge in [0.1, 0.15) is 6.04 Å². The highest BCUT2D eigenvalue weighted by Crippen LogP contribution is 2.30. The molecule has 2 rings (SSSR count). The van der Waals surface area contributed by atoms with Gasteiger partial charge in [-0.1, -0.05) is 12.1 Å². The van der Waals surface area contributed by atoms with Crippen LogP contribution in [0.4, 0.5) is 0 Å². The van der Waals surface area contributed by atoms with E-state index < -0.39 is 11.9 Å². The number of methoxy groups -OCH3 is 2. The fraction of sp³-hybridized carbons (Fsp3) is 0.267. The zero-order chi connectivity index (χ0) is 15.2. The zero-order valence-corrected chi connectivity index (χ0v) is 12.8. The number of hydrogen-bond donors (Lipinski definition) is 2. The fourth-order valence-corrected chi connectivity index (χ4v) is 2.69. The number of ether oxygens (including phenoxy) is 2. The van der Waals surface area contributed by atoms with Crippen LogP contribution in [0.5, 0.6) is 11.5 Å². The molecule has 6 heteroatoms. The predicted octanol–water partition coefficient (Wildman–Crippen LogP) is 2.08. The lowest BCUT2D eigenvalue weighted by molar-refractivity contribution is -0.120. The molecule has 0 saturated heterocycles. The molecule has 2 aromatic rings. The maximum Gasteiger partial charge on any atom is 0.239 e. The highest BCUT2D eigenvalue weighted by atomic mass is 32.1. The summed E-state index contributed by atoms with van der Waals surface area (Å²) in [4.78, 5) is 12.8. The van der Waals surface area contributed by atoms with Gasteiger partial charge >= 0.3 is 0 Å². The standard InChI is InChI=1S/C15H18N2O3S/c1-19-12-6-5-10(8-13(12)20-2)14(15(16)18)17-9-11-4-3-7-21-11/h3-8,14,17H,9H2,1-2H3,(H2,16,18). The lowest BCUT2D eigenvalue weighted by Crippen LogP contribution is -2.33. The number of primary amides is 1. The van der Waals surface area contributed by atoms with E-state index in [1.54, 1.807) is 43.8 Å². The SMILES string of the molecule is COc1ccc(C(NCc2cccs2)C(N)=O)cc1OC. The first kappa shape index (κ1) is 15.3. The van der Waals surface area contributed by atoms with Crippen molar-refractivity contribution >= 4 is 17.2 Å². The first-order valence-corrected chi connectivity index (χ1v) is 7.30. The monoisotopic (exact) mass is 306 g/mol. The Balaban J connectivity index is 2.19. The third-order valence-corrected chi connectivity index (χ3v) is 3.96. The summed E-state index contributed by atoms with van der Waals surface area (Å²) in [7, 11) is 3.12. The van der Waals surface area contributed by atoms with Crippen LogP contribution < -0.4 is 20.5 Å². The minimum Gasteiger partial charge on any atom is -0.493 e. The van der Waals surface area contributed by atoms with Crippen LogP contribution in [0.25, 0.3) is 0 Å². The van der Waals surface area contributed by atoms with Gasteiger partial charge in [0.05, 0.1) is 14.2 Å². The minimum absolute atomic E-state index is 0.432. The smallest absolute Gasteiger partial charge is 0.239 e. The lowest BCUT2D eigenvalue weighted by Gasteiger charge is -2.17. The van der Waals surface area contributed by atoms with Crippen LogP contribution >= 0.6 is 11.3 Å². The first-order chi connectivity index (χ1) is 10.2. The highest BCUT2D eigenvalue weighted by Gasteiger charge is 2.19. The molecule has 1 amide bonds. The second kappa shape index (κ2) is 7.10. The number of nitrogens with two attached hydrogens (primary N) is 1. The Morgan fingerprint density at radius 3 is 2.62 bits per heavy atom. The molecule has 1 aromatic heterocycles. The molecule has 112 valence electrons. The Labute approximate surface area is 127 Å². The fourth-order valence-electron chi connectivity index (χ4n) is 2.03. The van der Waals surface area contributed by atoms with E-state index in [0.29, 0.717) is 18.0 Å². The molecular weight excluding hydrogens is 288 g/mol. The molecule has 0 spiro atoms. The number of nitrogens with one attached hydrogen (secondary N) is 1. The van der Waals surface area contributed by atoms with Gasteiger partial charge in [0.2, 0.25) is 5.91 Å². The van der Waals surface area contributed by atoms with Crippen molar-refractivity contribution in [1.29, 1.82) is 0 Å². The highest BCUT2D eigenvalue weighted by molar-refractivity contribution is 7.09. The van der Waals surface area contributed by atoms with E-state index in [1.807, 2.05) is 17.5 Å². The Hall–Kier alpha value is -2.05. The quantitative estimate of drug-likeness (QED) is 0.821. The predicted molar refractivity (Wildman–Crippen MR) is 82.6 cm³/mol. The van der Waals surface area contributed by atoms with Crippen molar-refractivity contribution in [2.24, 2.45) is 5.73 Å². The van der Waals surface area contributed by atoms with E-state index in [-0.39, 0.29) is 0 Å². The Morgan fingerprint density at radius 1 is 1.29 bits per heavy atom. The Morgan fingerprint density at radius 2 is 2.05 bits per heavy atom. The second-order valence-electron chi connectivity index (χ2n) is 4.41. The van der Waals surface area contributed by atoms with Crippen molar-refractivity contribution in [2.75, 3.05) is 14.2 Å². The summed E-state index contributed by atoms with van der Waals surface area (Å²) in [5.74, 6) is 0.751. The van der Waals surface area contributed by atoms with E-state index in [1.165, 1.54) is 0 Å². The van der Waals surface area contributed by atoms with Crippen molar-refractivity contribution < 1.29 is 14.3 Å². The zero-order valence-electron chi connectivity index (χ0n) is 12.0. The van der Waals surface area contributed by atoms with Gasteiger partial charge in [-0.25, -0.2) is 0 Å². The Bertz CT molecular complexity index is 599. The van der Waals surface area contributed by atoms with Gasteiger partial charge in [0.15, 0.2) is 11.5 Å². The van der Waals surface area contributed by atoms with Crippen LogP contribution in [0.15, 0.2) is 35.7 Å². The van der Waals surface area contributed by atoms with Gasteiger partial charge in [-0.3, -0.25) is 10.1 Å². The third kappa shape index (κ3) is 3.74. The summed E-state index contributed by atoms with van der Waals surface area (Å²) >= 11 is 1.63. The molecule has 21 heavy (non-hydrogen) atoms. The molecule has 0 aliphatic heterocycles. The van der Waals surface area contributed by atoms with E-state index in [4.69, 9.17) is 15.2 Å². The van der Waals surface area contributed by atoms with Gasteiger partial charge in [-0.15, -0.1) is 11.3 Å². The van der Waals surface area contributed by atoms with Gasteiger partial charge < -0.3 is 15.2 Å². The molecule has 3 N–H and O–H groups in total. The van der Waals surface area contributed by atoms with Crippen LogP contribution in [-0.2, 0) is 11.3 Å². The van der Waals surface area contributed by atoms with Gasteiger partial charge in [0.25, 0.3) is 0 Å². The molecule has 0 fully saturated rings. The molecule has 5 nitrogen and oxygen atoms in total. The van der Waals surface area contributed by atoms with E-state index in [2.05, 4.69) is 5.32 Å². The van der Waals surface area contributed by atoms with Crippen LogP contribution in [0, 0.1) is 0 Å². The topological polar surface area (TPSA) is 73.6 Å². The summed E-state index contributed by atoms with van der Waals surface area (Å²) < 4.78 is 10.4. The van der Waals surface area contributed by atoms with Crippen LogP contribution in [0.2, 0.25) is 0 Å². The molecular formula is C15H18N2O3S. The average molecular weight is 306 g/mol. The van der Waals surface area contributed by atoms with E-state index >= 15 is 0 Å². The second-order valence-corrected chi connectivity index (χ2v) is 5.44. The Kier molecular flexibility index (Phi) is 5.19. The summed E-state index contributed by atoms with van der Waals surface area (Å²) in [6, 6.07) is 8.72. The molecule has 1 aromatic carbocycles. The maximum absolute atomic E-state index is 11.7. The van der Waals surface area contributed by atoms with Gasteiger partial charge in [0, 0.05) is 11.4 Å². The largest absolute Gasteiger partial charge is 0.493 e.